The molecule has 0 aliphatic carbocycles. The fourth-order valence-electron chi connectivity index (χ4n) is 3.89. The Balaban J connectivity index is 1.66. The quantitative estimate of drug-likeness (QED) is 0.419. The minimum Gasteiger partial charge on any atom is -0.274 e. The van der Waals surface area contributed by atoms with Gasteiger partial charge in [0.15, 0.2) is 0 Å². The Morgan fingerprint density at radius 2 is 1.60 bits per heavy atom. The van der Waals surface area contributed by atoms with E-state index in [1.54, 1.807) is 54.6 Å². The molecular weight excluding hydrogens is 466 g/mol. The second-order valence-corrected chi connectivity index (χ2v) is 8.96. The van der Waals surface area contributed by atoms with Crippen molar-refractivity contribution in [3.63, 3.8) is 0 Å². The van der Waals surface area contributed by atoms with Gasteiger partial charge in [-0.2, -0.15) is 0 Å². The molecule has 1 fully saturated rings. The summed E-state index contributed by atoms with van der Waals surface area (Å²) in [5.41, 5.74) is 4.49. The van der Waals surface area contributed by atoms with Crippen LogP contribution in [0.4, 0.5) is 5.69 Å². The lowest BCUT2D eigenvalue weighted by Crippen LogP contribution is -2.54. The van der Waals surface area contributed by atoms with Gasteiger partial charge in [0.25, 0.3) is 17.7 Å². The molecule has 0 saturated carbocycles. The van der Waals surface area contributed by atoms with E-state index in [1.807, 2.05) is 26.0 Å². The zero-order chi connectivity index (χ0) is 25.1. The lowest BCUT2D eigenvalue weighted by atomic mass is 10.0. The van der Waals surface area contributed by atoms with E-state index in [0.29, 0.717) is 16.6 Å². The van der Waals surface area contributed by atoms with Gasteiger partial charge in [-0.05, 0) is 53.9 Å². The Hall–Kier alpha value is -3.97. The largest absolute Gasteiger partial charge is 0.274 e. The first-order chi connectivity index (χ1) is 16.8. The molecule has 1 aliphatic heterocycles. The highest BCUT2D eigenvalue weighted by atomic mass is 35.5. The number of halogens is 1. The molecule has 0 bridgehead atoms. The van der Waals surface area contributed by atoms with E-state index in [9.17, 15) is 19.2 Å². The summed E-state index contributed by atoms with van der Waals surface area (Å²) in [6.07, 6.45) is -0.265. The number of hydrogen-bond donors (Lipinski definition) is 1. The smallest absolute Gasteiger partial charge is 0.273 e. The van der Waals surface area contributed by atoms with Crippen LogP contribution in [-0.2, 0) is 9.59 Å². The SMILES string of the molecule is CC(C)c1ccc(N2C(=O)CC(N(NC(=O)c3cccc(Cl)c3)C(=O)c3ccccc3)C2=O)cc1. The summed E-state index contributed by atoms with van der Waals surface area (Å²) in [5, 5.41) is 1.29. The van der Waals surface area contributed by atoms with Crippen LogP contribution in [0, 0.1) is 0 Å². The zero-order valence-corrected chi connectivity index (χ0v) is 20.0. The fourth-order valence-corrected chi connectivity index (χ4v) is 4.08. The van der Waals surface area contributed by atoms with E-state index in [0.717, 1.165) is 15.5 Å². The molecule has 3 aromatic carbocycles. The van der Waals surface area contributed by atoms with Crippen molar-refractivity contribution in [3.05, 3.63) is 101 Å². The highest BCUT2D eigenvalue weighted by Gasteiger charge is 2.45. The fraction of sp³-hybridized carbons (Fsp3) is 0.185. The first-order valence-electron chi connectivity index (χ1n) is 11.2. The molecule has 0 spiro atoms. The standard InChI is InChI=1S/C27H24ClN3O4/c1-17(2)18-11-13-22(14-12-18)30-24(32)16-23(27(30)35)31(26(34)19-7-4-3-5-8-19)29-25(33)20-9-6-10-21(28)15-20/h3-15,17,23H,16H2,1-2H3,(H,29,33). The second-order valence-electron chi connectivity index (χ2n) is 8.53. The maximum atomic E-state index is 13.4. The number of anilines is 1. The maximum Gasteiger partial charge on any atom is 0.273 e. The zero-order valence-electron chi connectivity index (χ0n) is 19.3. The molecule has 178 valence electrons. The van der Waals surface area contributed by atoms with E-state index in [-0.39, 0.29) is 17.5 Å². The van der Waals surface area contributed by atoms with Gasteiger partial charge in [-0.15, -0.1) is 0 Å². The molecule has 3 aromatic rings. The summed E-state index contributed by atoms with van der Waals surface area (Å²) in [6, 6.07) is 20.4. The minimum atomic E-state index is -1.21. The molecule has 1 heterocycles. The first kappa shape index (κ1) is 24.2. The molecule has 4 amide bonds. The van der Waals surface area contributed by atoms with Gasteiger partial charge in [-0.3, -0.25) is 24.6 Å². The molecular formula is C27H24ClN3O4. The van der Waals surface area contributed by atoms with Gasteiger partial charge in [0.1, 0.15) is 6.04 Å². The minimum absolute atomic E-state index is 0.210. The summed E-state index contributed by atoms with van der Waals surface area (Å²) < 4.78 is 0. The van der Waals surface area contributed by atoms with E-state index in [4.69, 9.17) is 11.6 Å². The van der Waals surface area contributed by atoms with Crippen molar-refractivity contribution in [2.24, 2.45) is 0 Å². The van der Waals surface area contributed by atoms with Crippen LogP contribution < -0.4 is 10.3 Å². The number of carbonyl (C=O) groups is 4. The third-order valence-electron chi connectivity index (χ3n) is 5.80. The number of carbonyl (C=O) groups excluding carboxylic acids is 4. The highest BCUT2D eigenvalue weighted by molar-refractivity contribution is 6.31. The number of hydrazine groups is 1. The molecule has 35 heavy (non-hydrogen) atoms. The van der Waals surface area contributed by atoms with Gasteiger partial charge in [0.05, 0.1) is 12.1 Å². The molecule has 0 radical (unpaired) electrons. The van der Waals surface area contributed by atoms with Crippen LogP contribution >= 0.6 is 11.6 Å². The van der Waals surface area contributed by atoms with E-state index in [2.05, 4.69) is 5.43 Å². The lowest BCUT2D eigenvalue weighted by molar-refractivity contribution is -0.122. The highest BCUT2D eigenvalue weighted by Crippen LogP contribution is 2.28. The second kappa shape index (κ2) is 10.1. The van der Waals surface area contributed by atoms with E-state index < -0.39 is 29.7 Å². The molecule has 1 unspecified atom stereocenters. The van der Waals surface area contributed by atoms with Crippen molar-refractivity contribution < 1.29 is 19.2 Å². The summed E-state index contributed by atoms with van der Waals surface area (Å²) in [4.78, 5) is 53.8. The van der Waals surface area contributed by atoms with Crippen LogP contribution in [-0.4, -0.2) is 34.7 Å². The molecule has 1 atom stereocenters. The van der Waals surface area contributed by atoms with Crippen LogP contribution in [0.15, 0.2) is 78.9 Å². The number of benzene rings is 3. The Morgan fingerprint density at radius 3 is 2.23 bits per heavy atom. The van der Waals surface area contributed by atoms with Gasteiger partial charge in [-0.25, -0.2) is 9.91 Å². The van der Waals surface area contributed by atoms with E-state index in [1.165, 1.54) is 12.1 Å². The average molecular weight is 490 g/mol. The van der Waals surface area contributed by atoms with Crippen molar-refractivity contribution >= 4 is 40.9 Å². The van der Waals surface area contributed by atoms with Crippen LogP contribution in [0.1, 0.15) is 52.5 Å². The van der Waals surface area contributed by atoms with Gasteiger partial charge in [0.2, 0.25) is 5.91 Å². The van der Waals surface area contributed by atoms with Crippen LogP contribution in [0.2, 0.25) is 5.02 Å². The molecule has 4 rings (SSSR count). The number of imide groups is 1. The third kappa shape index (κ3) is 5.10. The third-order valence-corrected chi connectivity index (χ3v) is 6.04. The lowest BCUT2D eigenvalue weighted by Gasteiger charge is -2.28. The summed E-state index contributed by atoms with van der Waals surface area (Å²) in [5.74, 6) is -1.99. The summed E-state index contributed by atoms with van der Waals surface area (Å²) in [7, 11) is 0. The van der Waals surface area contributed by atoms with Crippen LogP contribution in [0.5, 0.6) is 0 Å². The predicted octanol–water partition coefficient (Wildman–Crippen LogP) is 4.58. The molecule has 1 aliphatic rings. The van der Waals surface area contributed by atoms with Crippen LogP contribution in [0.25, 0.3) is 0 Å². The number of rotatable bonds is 5. The Morgan fingerprint density at radius 1 is 0.943 bits per heavy atom. The van der Waals surface area contributed by atoms with Gasteiger partial charge >= 0.3 is 0 Å². The monoisotopic (exact) mass is 489 g/mol. The molecule has 1 N–H and O–H groups in total. The molecule has 0 aromatic heterocycles. The normalized spacial score (nSPS) is 15.4. The van der Waals surface area contributed by atoms with Crippen LogP contribution in [0.3, 0.4) is 0 Å². The topological polar surface area (TPSA) is 86.8 Å². The predicted molar refractivity (Wildman–Crippen MR) is 133 cm³/mol. The Kier molecular flexibility index (Phi) is 6.98. The molecule has 1 saturated heterocycles. The number of hydrogen-bond acceptors (Lipinski definition) is 4. The number of amides is 4. The molecule has 7 nitrogen and oxygen atoms in total. The first-order valence-corrected chi connectivity index (χ1v) is 11.6. The molecule has 8 heteroatoms. The van der Waals surface area contributed by atoms with Crippen molar-refractivity contribution in [1.29, 1.82) is 0 Å². The van der Waals surface area contributed by atoms with Crippen molar-refractivity contribution in [1.82, 2.24) is 10.4 Å². The van der Waals surface area contributed by atoms with Crippen molar-refractivity contribution in [2.45, 2.75) is 32.2 Å². The van der Waals surface area contributed by atoms with Gasteiger partial charge < -0.3 is 0 Å². The summed E-state index contributed by atoms with van der Waals surface area (Å²) >= 11 is 6.00. The Labute approximate surface area is 208 Å². The number of nitrogens with one attached hydrogen (secondary N) is 1. The maximum absolute atomic E-state index is 13.4. The average Bonchev–Trinajstić information content (AvgIpc) is 3.15. The van der Waals surface area contributed by atoms with Gasteiger partial charge in [-0.1, -0.05) is 61.8 Å². The number of nitrogens with zero attached hydrogens (tertiary/aromatic N) is 2. The summed E-state index contributed by atoms with van der Waals surface area (Å²) in [6.45, 7) is 4.10. The van der Waals surface area contributed by atoms with Crippen molar-refractivity contribution in [2.75, 3.05) is 4.90 Å². The van der Waals surface area contributed by atoms with Crippen molar-refractivity contribution in [3.8, 4) is 0 Å². The Bertz CT molecular complexity index is 1280. The van der Waals surface area contributed by atoms with E-state index >= 15 is 0 Å². The van der Waals surface area contributed by atoms with Gasteiger partial charge in [0, 0.05) is 16.1 Å².